The van der Waals surface area contributed by atoms with Crippen LogP contribution in [-0.4, -0.2) is 25.8 Å². The van der Waals surface area contributed by atoms with Crippen molar-refractivity contribution in [3.63, 3.8) is 0 Å². The van der Waals surface area contributed by atoms with Gasteiger partial charge in [0, 0.05) is 13.1 Å². The fourth-order valence-corrected chi connectivity index (χ4v) is 4.31. The summed E-state index contributed by atoms with van der Waals surface area (Å²) < 4.78 is 1.80. The molecular formula is C15H21N5. The van der Waals surface area contributed by atoms with Gasteiger partial charge in [-0.3, -0.25) is 4.68 Å². The van der Waals surface area contributed by atoms with Crippen LogP contribution in [0.5, 0.6) is 0 Å². The summed E-state index contributed by atoms with van der Waals surface area (Å²) >= 11 is 0. The third-order valence-electron chi connectivity index (χ3n) is 5.33. The van der Waals surface area contributed by atoms with Crippen molar-refractivity contribution in [2.24, 2.45) is 24.8 Å². The molecule has 5 heteroatoms. The normalized spacial score (nSPS) is 30.0. The lowest BCUT2D eigenvalue weighted by Crippen LogP contribution is -2.30. The highest BCUT2D eigenvalue weighted by atomic mass is 15.3. The summed E-state index contributed by atoms with van der Waals surface area (Å²) in [6.45, 7) is 2.30. The average molecular weight is 271 g/mol. The quantitative estimate of drug-likeness (QED) is 0.932. The van der Waals surface area contributed by atoms with Crippen molar-refractivity contribution in [3.8, 4) is 0 Å². The summed E-state index contributed by atoms with van der Waals surface area (Å²) in [6, 6.07) is 0.476. The Morgan fingerprint density at radius 3 is 2.95 bits per heavy atom. The zero-order valence-corrected chi connectivity index (χ0v) is 12.1. The number of hydrogen-bond donors (Lipinski definition) is 1. The molecule has 2 heterocycles. The second-order valence-electron chi connectivity index (χ2n) is 6.50. The molecule has 4 atom stereocenters. The molecule has 2 aliphatic rings. The molecule has 0 radical (unpaired) electrons. The van der Waals surface area contributed by atoms with E-state index in [0.29, 0.717) is 6.04 Å². The van der Waals surface area contributed by atoms with Gasteiger partial charge in [0.2, 0.25) is 0 Å². The SMILES string of the molecule is C[C@@H](Nc1ncnc2c1cnn2C)[C@@H]1C[C@H]2CC[C@H]1C2. The molecule has 0 spiro atoms. The largest absolute Gasteiger partial charge is 0.367 e. The Morgan fingerprint density at radius 1 is 1.30 bits per heavy atom. The zero-order chi connectivity index (χ0) is 13.7. The first kappa shape index (κ1) is 12.1. The van der Waals surface area contributed by atoms with Crippen LogP contribution in [0.1, 0.15) is 32.6 Å². The Labute approximate surface area is 118 Å². The minimum atomic E-state index is 0.476. The van der Waals surface area contributed by atoms with Crippen LogP contribution >= 0.6 is 0 Å². The highest BCUT2D eigenvalue weighted by molar-refractivity contribution is 5.86. The van der Waals surface area contributed by atoms with E-state index in [4.69, 9.17) is 0 Å². The van der Waals surface area contributed by atoms with Gasteiger partial charge in [-0.05, 0) is 43.9 Å². The highest BCUT2D eigenvalue weighted by Crippen LogP contribution is 2.49. The van der Waals surface area contributed by atoms with E-state index in [2.05, 4.69) is 27.3 Å². The molecule has 2 saturated carbocycles. The van der Waals surface area contributed by atoms with Gasteiger partial charge < -0.3 is 5.32 Å². The Morgan fingerprint density at radius 2 is 2.20 bits per heavy atom. The van der Waals surface area contributed by atoms with Crippen molar-refractivity contribution in [1.82, 2.24) is 19.7 Å². The summed E-state index contributed by atoms with van der Waals surface area (Å²) in [6.07, 6.45) is 9.19. The van der Waals surface area contributed by atoms with Crippen LogP contribution < -0.4 is 5.32 Å². The van der Waals surface area contributed by atoms with Gasteiger partial charge in [0.05, 0.1) is 11.6 Å². The monoisotopic (exact) mass is 271 g/mol. The van der Waals surface area contributed by atoms with Crippen LogP contribution in [0.4, 0.5) is 5.82 Å². The van der Waals surface area contributed by atoms with E-state index in [1.807, 2.05) is 13.2 Å². The van der Waals surface area contributed by atoms with Crippen molar-refractivity contribution in [2.75, 3.05) is 5.32 Å². The number of aromatic nitrogens is 4. The molecule has 1 N–H and O–H groups in total. The Balaban J connectivity index is 1.58. The lowest BCUT2D eigenvalue weighted by Gasteiger charge is -2.29. The maximum absolute atomic E-state index is 4.42. The topological polar surface area (TPSA) is 55.6 Å². The fraction of sp³-hybridized carbons (Fsp3) is 0.667. The second kappa shape index (κ2) is 4.43. The van der Waals surface area contributed by atoms with Crippen molar-refractivity contribution in [3.05, 3.63) is 12.5 Å². The van der Waals surface area contributed by atoms with E-state index in [1.165, 1.54) is 25.7 Å². The number of fused-ring (bicyclic) bond motifs is 3. The van der Waals surface area contributed by atoms with Gasteiger partial charge in [0.15, 0.2) is 5.65 Å². The first-order chi connectivity index (χ1) is 9.72. The molecule has 2 bridgehead atoms. The molecule has 2 aromatic heterocycles. The minimum Gasteiger partial charge on any atom is -0.367 e. The van der Waals surface area contributed by atoms with Crippen LogP contribution in [0.25, 0.3) is 11.0 Å². The van der Waals surface area contributed by atoms with Gasteiger partial charge in [-0.2, -0.15) is 5.10 Å². The second-order valence-corrected chi connectivity index (χ2v) is 6.50. The molecule has 0 unspecified atom stereocenters. The predicted octanol–water partition coefficient (Wildman–Crippen LogP) is 2.60. The van der Waals surface area contributed by atoms with E-state index >= 15 is 0 Å². The minimum absolute atomic E-state index is 0.476. The van der Waals surface area contributed by atoms with Crippen LogP contribution in [0.3, 0.4) is 0 Å². The number of anilines is 1. The summed E-state index contributed by atoms with van der Waals surface area (Å²) in [4.78, 5) is 8.71. The van der Waals surface area contributed by atoms with E-state index in [0.717, 1.165) is 34.6 Å². The average Bonchev–Trinajstić information content (AvgIpc) is 3.15. The molecule has 2 fully saturated rings. The van der Waals surface area contributed by atoms with Crippen LogP contribution in [0, 0.1) is 17.8 Å². The summed E-state index contributed by atoms with van der Waals surface area (Å²) in [5.74, 6) is 3.64. The van der Waals surface area contributed by atoms with E-state index in [-0.39, 0.29) is 0 Å². The van der Waals surface area contributed by atoms with Crippen molar-refractivity contribution >= 4 is 16.9 Å². The molecule has 0 amide bonds. The van der Waals surface area contributed by atoms with Crippen molar-refractivity contribution < 1.29 is 0 Å². The first-order valence-corrected chi connectivity index (χ1v) is 7.61. The van der Waals surface area contributed by atoms with Gasteiger partial charge in [0.25, 0.3) is 0 Å². The van der Waals surface area contributed by atoms with Crippen LogP contribution in [0.2, 0.25) is 0 Å². The molecule has 5 nitrogen and oxygen atoms in total. The molecule has 106 valence electrons. The molecule has 2 aliphatic carbocycles. The van der Waals surface area contributed by atoms with Gasteiger partial charge in [0.1, 0.15) is 12.1 Å². The van der Waals surface area contributed by atoms with Crippen LogP contribution in [0.15, 0.2) is 12.5 Å². The molecular weight excluding hydrogens is 250 g/mol. The number of aryl methyl sites for hydroxylation is 1. The lowest BCUT2D eigenvalue weighted by atomic mass is 9.84. The molecule has 4 rings (SSSR count). The first-order valence-electron chi connectivity index (χ1n) is 7.61. The molecule has 0 saturated heterocycles. The number of rotatable bonds is 3. The molecule has 0 aromatic carbocycles. The predicted molar refractivity (Wildman–Crippen MR) is 78.3 cm³/mol. The highest BCUT2D eigenvalue weighted by Gasteiger charge is 2.41. The van der Waals surface area contributed by atoms with E-state index < -0.39 is 0 Å². The van der Waals surface area contributed by atoms with Crippen LogP contribution in [-0.2, 0) is 7.05 Å². The fourth-order valence-electron chi connectivity index (χ4n) is 4.31. The third-order valence-corrected chi connectivity index (χ3v) is 5.33. The smallest absolute Gasteiger partial charge is 0.163 e. The maximum atomic E-state index is 4.42. The van der Waals surface area contributed by atoms with Gasteiger partial charge >= 0.3 is 0 Å². The van der Waals surface area contributed by atoms with Gasteiger partial charge in [-0.1, -0.05) is 6.42 Å². The molecule has 2 aromatic rings. The lowest BCUT2D eigenvalue weighted by molar-refractivity contribution is 0.304. The van der Waals surface area contributed by atoms with Gasteiger partial charge in [-0.15, -0.1) is 0 Å². The van der Waals surface area contributed by atoms with Gasteiger partial charge in [-0.25, -0.2) is 9.97 Å². The summed E-state index contributed by atoms with van der Waals surface area (Å²) in [5.41, 5.74) is 0.891. The maximum Gasteiger partial charge on any atom is 0.163 e. The molecule has 0 aliphatic heterocycles. The van der Waals surface area contributed by atoms with E-state index in [1.54, 1.807) is 11.0 Å². The summed E-state index contributed by atoms with van der Waals surface area (Å²) in [5, 5.41) is 8.91. The standard InChI is InChI=1S/C15H21N5/c1-9(12-6-10-3-4-11(12)5-10)19-14-13-7-18-20(2)15(13)17-8-16-14/h7-12H,3-6H2,1-2H3,(H,16,17,19)/t9-,10+,11+,12+/m1/s1. The number of nitrogens with one attached hydrogen (secondary N) is 1. The number of nitrogens with zero attached hydrogens (tertiary/aromatic N) is 4. The Bertz CT molecular complexity index is 634. The Kier molecular flexibility index (Phi) is 2.69. The Hall–Kier alpha value is -1.65. The molecule has 20 heavy (non-hydrogen) atoms. The van der Waals surface area contributed by atoms with Crippen molar-refractivity contribution in [1.29, 1.82) is 0 Å². The van der Waals surface area contributed by atoms with Crippen molar-refractivity contribution in [2.45, 2.75) is 38.6 Å². The third kappa shape index (κ3) is 1.79. The zero-order valence-electron chi connectivity index (χ0n) is 12.1. The number of hydrogen-bond acceptors (Lipinski definition) is 4. The van der Waals surface area contributed by atoms with E-state index in [9.17, 15) is 0 Å². The summed E-state index contributed by atoms with van der Waals surface area (Å²) in [7, 11) is 1.92.